The zero-order chi connectivity index (χ0) is 17.1. The highest BCUT2D eigenvalue weighted by atomic mass is 32.2. The first kappa shape index (κ1) is 16.9. The van der Waals surface area contributed by atoms with E-state index >= 15 is 0 Å². The Kier molecular flexibility index (Phi) is 4.98. The number of thioether (sulfide) groups is 1. The van der Waals surface area contributed by atoms with E-state index in [4.69, 9.17) is 4.74 Å². The number of fused-ring (bicyclic) bond motifs is 1. The molecule has 0 aromatic carbocycles. The van der Waals surface area contributed by atoms with Gasteiger partial charge in [-0.3, -0.25) is 19.3 Å². The van der Waals surface area contributed by atoms with Crippen LogP contribution in [0.15, 0.2) is 16.4 Å². The number of hydrogen-bond donors (Lipinski definition) is 2. The van der Waals surface area contributed by atoms with Crippen molar-refractivity contribution in [1.82, 2.24) is 10.2 Å². The van der Waals surface area contributed by atoms with Gasteiger partial charge in [-0.05, 0) is 0 Å². The number of carboxylic acid groups (broad SMARTS) is 1. The maximum atomic E-state index is 12.1. The summed E-state index contributed by atoms with van der Waals surface area (Å²) in [5.74, 6) is -2.94. The van der Waals surface area contributed by atoms with Gasteiger partial charge in [0.05, 0.1) is 0 Å². The van der Waals surface area contributed by atoms with Crippen molar-refractivity contribution in [2.24, 2.45) is 5.18 Å². The molecule has 0 aromatic rings. The largest absolute Gasteiger partial charge is 0.477 e. The molecule has 2 aliphatic heterocycles. The van der Waals surface area contributed by atoms with Gasteiger partial charge >= 0.3 is 11.9 Å². The lowest BCUT2D eigenvalue weighted by atomic mass is 10.0. The molecule has 23 heavy (non-hydrogen) atoms. The van der Waals surface area contributed by atoms with Crippen LogP contribution in [0.2, 0.25) is 0 Å². The number of aliphatic carboxylic acids is 1. The van der Waals surface area contributed by atoms with Gasteiger partial charge in [-0.2, -0.15) is 4.91 Å². The summed E-state index contributed by atoms with van der Waals surface area (Å²) in [7, 11) is 0. The quantitative estimate of drug-likeness (QED) is 0.357. The fourth-order valence-electron chi connectivity index (χ4n) is 2.26. The van der Waals surface area contributed by atoms with Gasteiger partial charge in [0.25, 0.3) is 5.91 Å². The number of nitrogens with zero attached hydrogens (tertiary/aromatic N) is 2. The molecular weight excluding hydrogens is 330 g/mol. The smallest absolute Gasteiger partial charge is 0.352 e. The van der Waals surface area contributed by atoms with Gasteiger partial charge in [-0.1, -0.05) is 5.18 Å². The third kappa shape index (κ3) is 3.33. The van der Waals surface area contributed by atoms with Gasteiger partial charge in [0.1, 0.15) is 23.7 Å². The lowest BCUT2D eigenvalue weighted by Crippen LogP contribution is -2.70. The lowest BCUT2D eigenvalue weighted by molar-refractivity contribution is -0.150. The van der Waals surface area contributed by atoms with Crippen LogP contribution in [-0.4, -0.2) is 64.1 Å². The van der Waals surface area contributed by atoms with Gasteiger partial charge in [-0.15, -0.1) is 11.8 Å². The molecule has 11 heteroatoms. The number of nitroso groups, excluding NO2 is 1. The second-order valence-corrected chi connectivity index (χ2v) is 5.88. The first-order valence-corrected chi connectivity index (χ1v) is 7.53. The van der Waals surface area contributed by atoms with Crippen LogP contribution in [0.25, 0.3) is 0 Å². The zero-order valence-corrected chi connectivity index (χ0v) is 12.8. The van der Waals surface area contributed by atoms with E-state index in [-0.39, 0.29) is 18.1 Å². The summed E-state index contributed by atoms with van der Waals surface area (Å²) in [6, 6.07) is -0.904. The molecule has 0 radical (unpaired) electrons. The molecule has 0 aromatic heterocycles. The standard InChI is InChI=1S/C12H13N3O7S/c1-5(16)22-3-6-4-23-11-8(14-7(17)2-13-21)10(18)15(11)9(6)12(19)20/h8,11H,2-4H2,1H3,(H,14,17)(H,19,20)/t8-,11-/m1/s1. The number of rotatable bonds is 6. The van der Waals surface area contributed by atoms with Gasteiger partial charge in [0.2, 0.25) is 5.91 Å². The summed E-state index contributed by atoms with van der Waals surface area (Å²) in [6.45, 7) is 0.369. The first-order chi connectivity index (χ1) is 10.9. The predicted octanol–water partition coefficient (Wildman–Crippen LogP) is -0.945. The van der Waals surface area contributed by atoms with E-state index in [0.717, 1.165) is 4.90 Å². The van der Waals surface area contributed by atoms with E-state index in [1.54, 1.807) is 0 Å². The number of nitrogens with one attached hydrogen (secondary N) is 1. The average Bonchev–Trinajstić information content (AvgIpc) is 2.49. The van der Waals surface area contributed by atoms with Crippen LogP contribution >= 0.6 is 11.8 Å². The summed E-state index contributed by atoms with van der Waals surface area (Å²) < 4.78 is 4.80. The molecule has 2 rings (SSSR count). The number of β-lactam (4-membered cyclic amide) rings is 1. The third-order valence-electron chi connectivity index (χ3n) is 3.22. The molecule has 1 fully saturated rings. The second-order valence-electron chi connectivity index (χ2n) is 4.78. The topological polar surface area (TPSA) is 142 Å². The highest BCUT2D eigenvalue weighted by Crippen LogP contribution is 2.40. The van der Waals surface area contributed by atoms with Crippen molar-refractivity contribution < 1.29 is 29.0 Å². The van der Waals surface area contributed by atoms with Crippen LogP contribution in [0.5, 0.6) is 0 Å². The van der Waals surface area contributed by atoms with Crippen molar-refractivity contribution in [2.75, 3.05) is 18.9 Å². The van der Waals surface area contributed by atoms with Crippen LogP contribution in [0.1, 0.15) is 6.92 Å². The molecule has 0 bridgehead atoms. The summed E-state index contributed by atoms with van der Waals surface area (Å²) >= 11 is 1.23. The summed E-state index contributed by atoms with van der Waals surface area (Å²) in [4.78, 5) is 56.9. The molecule has 0 spiro atoms. The Balaban J connectivity index is 2.16. The first-order valence-electron chi connectivity index (χ1n) is 6.48. The van der Waals surface area contributed by atoms with E-state index in [1.807, 2.05) is 0 Å². The Hall–Kier alpha value is -2.43. The third-order valence-corrected chi connectivity index (χ3v) is 4.56. The van der Waals surface area contributed by atoms with Crippen LogP contribution < -0.4 is 5.32 Å². The Bertz CT molecular complexity index is 618. The van der Waals surface area contributed by atoms with Crippen LogP contribution in [0.3, 0.4) is 0 Å². The Morgan fingerprint density at radius 1 is 1.48 bits per heavy atom. The maximum absolute atomic E-state index is 12.1. The second kappa shape index (κ2) is 6.77. The minimum absolute atomic E-state index is 0.216. The van der Waals surface area contributed by atoms with Crippen molar-refractivity contribution in [3.05, 3.63) is 16.2 Å². The predicted molar refractivity (Wildman–Crippen MR) is 77.0 cm³/mol. The van der Waals surface area contributed by atoms with Crippen LogP contribution in [0.4, 0.5) is 0 Å². The molecule has 2 heterocycles. The van der Waals surface area contributed by atoms with Crippen molar-refractivity contribution in [3.8, 4) is 0 Å². The van der Waals surface area contributed by atoms with E-state index in [2.05, 4.69) is 10.5 Å². The fraction of sp³-hybridized carbons (Fsp3) is 0.500. The number of carbonyl (C=O) groups is 4. The SMILES string of the molecule is CC(=O)OCC1=C(C(=O)O)N2C(=O)[C@@H](NC(=O)CN=O)[C@H]2SC1. The highest BCUT2D eigenvalue weighted by molar-refractivity contribution is 8.00. The molecule has 0 saturated carbocycles. The number of ether oxygens (including phenoxy) is 1. The monoisotopic (exact) mass is 343 g/mol. The van der Waals surface area contributed by atoms with Crippen molar-refractivity contribution in [1.29, 1.82) is 0 Å². The Morgan fingerprint density at radius 3 is 2.74 bits per heavy atom. The average molecular weight is 343 g/mol. The number of esters is 1. The van der Waals surface area contributed by atoms with Crippen molar-refractivity contribution >= 4 is 35.5 Å². The van der Waals surface area contributed by atoms with Crippen molar-refractivity contribution in [3.63, 3.8) is 0 Å². The van der Waals surface area contributed by atoms with Gasteiger partial charge < -0.3 is 15.2 Å². The van der Waals surface area contributed by atoms with Gasteiger partial charge in [0, 0.05) is 18.2 Å². The number of hydrogen-bond acceptors (Lipinski definition) is 8. The summed E-state index contributed by atoms with van der Waals surface area (Å²) in [5, 5.41) is 13.5. The normalized spacial score (nSPS) is 22.8. The minimum atomic E-state index is -1.31. The summed E-state index contributed by atoms with van der Waals surface area (Å²) in [6.07, 6.45) is 0. The molecule has 2 aliphatic rings. The molecule has 0 aliphatic carbocycles. The molecule has 0 unspecified atom stereocenters. The zero-order valence-electron chi connectivity index (χ0n) is 12.0. The maximum Gasteiger partial charge on any atom is 0.352 e. The van der Waals surface area contributed by atoms with E-state index in [1.165, 1.54) is 18.7 Å². The number of carbonyl (C=O) groups excluding carboxylic acids is 3. The molecule has 10 nitrogen and oxygen atoms in total. The molecule has 2 atom stereocenters. The number of carboxylic acids is 1. The highest BCUT2D eigenvalue weighted by Gasteiger charge is 2.54. The molecule has 2 amide bonds. The fourth-order valence-corrected chi connectivity index (χ4v) is 3.59. The summed E-state index contributed by atoms with van der Waals surface area (Å²) in [5.41, 5.74) is 0.0700. The van der Waals surface area contributed by atoms with Gasteiger partial charge in [-0.25, -0.2) is 4.79 Å². The molecular formula is C12H13N3O7S. The van der Waals surface area contributed by atoms with Crippen LogP contribution in [0, 0.1) is 4.91 Å². The number of amides is 2. The van der Waals surface area contributed by atoms with Gasteiger partial charge in [0.15, 0.2) is 6.54 Å². The van der Waals surface area contributed by atoms with E-state index in [9.17, 15) is 29.2 Å². The molecule has 2 N–H and O–H groups in total. The van der Waals surface area contributed by atoms with Crippen molar-refractivity contribution in [2.45, 2.75) is 18.3 Å². The minimum Gasteiger partial charge on any atom is -0.477 e. The molecule has 124 valence electrons. The lowest BCUT2D eigenvalue weighted by Gasteiger charge is -2.49. The van der Waals surface area contributed by atoms with E-state index in [0.29, 0.717) is 5.57 Å². The Labute approximate surface area is 134 Å². The molecule has 1 saturated heterocycles. The van der Waals surface area contributed by atoms with Crippen LogP contribution in [-0.2, 0) is 23.9 Å². The van der Waals surface area contributed by atoms with E-state index < -0.39 is 41.7 Å². The Morgan fingerprint density at radius 2 is 2.17 bits per heavy atom.